The van der Waals surface area contributed by atoms with Gasteiger partial charge in [0.05, 0.1) is 0 Å². The molecule has 0 heterocycles. The standard InChI is InChI=1S/C5H11O.O.2Sn.H/c1-2-3-4-5-6;;;;/h2-5H2,1H3;;;;/q-1;;;+1;. The maximum absolute atomic E-state index is 5.27. The zero-order valence-electron chi connectivity index (χ0n) is 5.72. The van der Waals surface area contributed by atoms with Gasteiger partial charge in [-0.05, 0) is 0 Å². The molecule has 52 valence electrons. The zero-order chi connectivity index (χ0) is 6.95. The quantitative estimate of drug-likeness (QED) is 0.519. The third-order valence-corrected chi connectivity index (χ3v) is 3.99. The first kappa shape index (κ1) is 10.5. The first-order chi connectivity index (χ1) is 4.41. The second-order valence-corrected chi connectivity index (χ2v) is 8.24. The van der Waals surface area contributed by atoms with Crippen molar-refractivity contribution in [3.05, 3.63) is 0 Å². The van der Waals surface area contributed by atoms with Gasteiger partial charge in [0.25, 0.3) is 0 Å². The monoisotopic (exact) mass is 344 g/mol. The van der Waals surface area contributed by atoms with Crippen LogP contribution in [-0.2, 0) is 4.49 Å². The molecule has 0 fully saturated rings. The predicted molar refractivity (Wildman–Crippen MR) is 39.5 cm³/mol. The Hall–Kier alpha value is 1.52. The summed E-state index contributed by atoms with van der Waals surface area (Å²) < 4.78 is 10.3. The molecule has 0 aliphatic carbocycles. The fourth-order valence-electron chi connectivity index (χ4n) is 0.500. The molecule has 0 aliphatic rings. The van der Waals surface area contributed by atoms with Crippen molar-refractivity contribution in [2.75, 3.05) is 6.61 Å². The van der Waals surface area contributed by atoms with Crippen LogP contribution in [0.1, 0.15) is 26.2 Å². The average Bonchev–Trinajstić information content (AvgIpc) is 1.89. The maximum atomic E-state index is 5.27. The molecular formula is C5H12O2Sn2. The summed E-state index contributed by atoms with van der Waals surface area (Å²) in [5.41, 5.74) is 0. The molecule has 0 unspecified atom stereocenters. The van der Waals surface area contributed by atoms with Crippen LogP contribution >= 0.6 is 0 Å². The molecule has 4 radical (unpaired) electrons. The van der Waals surface area contributed by atoms with Crippen molar-refractivity contribution in [2.24, 2.45) is 0 Å². The van der Waals surface area contributed by atoms with Crippen LogP contribution in [0.4, 0.5) is 0 Å². The Labute approximate surface area is 81.6 Å². The summed E-state index contributed by atoms with van der Waals surface area (Å²) in [6, 6.07) is 0. The molecule has 0 aromatic rings. The van der Waals surface area contributed by atoms with E-state index in [9.17, 15) is 0 Å². The van der Waals surface area contributed by atoms with Gasteiger partial charge in [-0.1, -0.05) is 0 Å². The molecule has 0 saturated heterocycles. The first-order valence-corrected chi connectivity index (χ1v) is 6.82. The van der Waals surface area contributed by atoms with Crippen LogP contribution in [0.15, 0.2) is 0 Å². The summed E-state index contributed by atoms with van der Waals surface area (Å²) in [7, 11) is 0. The normalized spacial score (nSPS) is 10.0. The second-order valence-electron chi connectivity index (χ2n) is 1.76. The van der Waals surface area contributed by atoms with Crippen LogP contribution in [0.3, 0.4) is 0 Å². The molecule has 0 N–H and O–H groups in total. The Morgan fingerprint density at radius 1 is 1.44 bits per heavy atom. The summed E-state index contributed by atoms with van der Waals surface area (Å²) >= 11 is 0.132. The van der Waals surface area contributed by atoms with Crippen LogP contribution in [0.25, 0.3) is 0 Å². The van der Waals surface area contributed by atoms with Crippen molar-refractivity contribution >= 4 is 44.9 Å². The van der Waals surface area contributed by atoms with E-state index in [4.69, 9.17) is 4.49 Å². The van der Waals surface area contributed by atoms with Gasteiger partial charge in [0, 0.05) is 0 Å². The molecule has 0 aromatic carbocycles. The summed E-state index contributed by atoms with van der Waals surface area (Å²) in [6.07, 6.45) is 3.77. The molecule has 0 aliphatic heterocycles. The summed E-state index contributed by atoms with van der Waals surface area (Å²) in [4.78, 5) is 0. The van der Waals surface area contributed by atoms with E-state index in [1.807, 2.05) is 0 Å². The van der Waals surface area contributed by atoms with Gasteiger partial charge in [0.2, 0.25) is 0 Å². The van der Waals surface area contributed by atoms with Crippen molar-refractivity contribution in [3.8, 4) is 0 Å². The summed E-state index contributed by atoms with van der Waals surface area (Å²) in [6.45, 7) is 3.13. The molecular weight excluding hydrogens is 329 g/mol. The van der Waals surface area contributed by atoms with Gasteiger partial charge >= 0.3 is 82.2 Å². The second kappa shape index (κ2) is 9.52. The Balaban J connectivity index is 2.60. The van der Waals surface area contributed by atoms with Crippen molar-refractivity contribution in [3.63, 3.8) is 0 Å². The van der Waals surface area contributed by atoms with Gasteiger partial charge in [-0.2, -0.15) is 0 Å². The Bertz CT molecular complexity index is 46.2. The van der Waals surface area contributed by atoms with E-state index in [0.717, 1.165) is 29.5 Å². The van der Waals surface area contributed by atoms with Crippen molar-refractivity contribution < 1.29 is 4.49 Å². The Morgan fingerprint density at radius 3 is 2.78 bits per heavy atom. The van der Waals surface area contributed by atoms with Crippen molar-refractivity contribution in [2.45, 2.75) is 26.2 Å². The van der Waals surface area contributed by atoms with Gasteiger partial charge < -0.3 is 0 Å². The predicted octanol–water partition coefficient (Wildman–Crippen LogP) is 0.560. The molecule has 0 amide bonds. The molecule has 9 heavy (non-hydrogen) atoms. The zero-order valence-corrected chi connectivity index (χ0v) is 11.9. The van der Waals surface area contributed by atoms with E-state index in [-0.39, 0.29) is 0 Å². The van der Waals surface area contributed by atoms with Gasteiger partial charge in [0.1, 0.15) is 0 Å². The van der Waals surface area contributed by atoms with E-state index in [1.165, 1.54) is 19.3 Å². The SMILES string of the molecule is CCCCC[O][Sn][O][SnH]. The molecule has 2 nitrogen and oxygen atoms in total. The van der Waals surface area contributed by atoms with Crippen LogP contribution in [-0.4, -0.2) is 51.5 Å². The van der Waals surface area contributed by atoms with Crippen LogP contribution < -0.4 is 0 Å². The van der Waals surface area contributed by atoms with E-state index in [2.05, 4.69) is 6.92 Å². The van der Waals surface area contributed by atoms with Crippen LogP contribution in [0.5, 0.6) is 0 Å². The minimum atomic E-state index is -0.782. The average molecular weight is 342 g/mol. The van der Waals surface area contributed by atoms with E-state index in [0.29, 0.717) is 0 Å². The molecule has 4 heteroatoms. The van der Waals surface area contributed by atoms with Gasteiger partial charge in [0.15, 0.2) is 0 Å². The van der Waals surface area contributed by atoms with Crippen molar-refractivity contribution in [1.29, 1.82) is 0 Å². The number of hydrogen-bond acceptors (Lipinski definition) is 2. The molecule has 0 atom stereocenters. The van der Waals surface area contributed by atoms with Gasteiger partial charge in [-0.25, -0.2) is 0 Å². The molecule has 0 spiro atoms. The van der Waals surface area contributed by atoms with Crippen molar-refractivity contribution in [1.82, 2.24) is 0 Å². The molecule has 0 aromatic heterocycles. The van der Waals surface area contributed by atoms with Crippen LogP contribution in [0.2, 0.25) is 0 Å². The third kappa shape index (κ3) is 9.52. The van der Waals surface area contributed by atoms with Gasteiger partial charge in [-0.3, -0.25) is 0 Å². The minimum absolute atomic E-state index is 0.782. The number of unbranched alkanes of at least 4 members (excludes halogenated alkanes) is 2. The third-order valence-electron chi connectivity index (χ3n) is 0.957. The first-order valence-electron chi connectivity index (χ1n) is 3.14. The Kier molecular flexibility index (Phi) is 11.1. The molecule has 0 bridgehead atoms. The molecule has 0 saturated carbocycles. The fourth-order valence-corrected chi connectivity index (χ4v) is 2.65. The van der Waals surface area contributed by atoms with E-state index >= 15 is 0 Å². The molecule has 0 rings (SSSR count). The topological polar surface area (TPSA) is 18.5 Å². The van der Waals surface area contributed by atoms with E-state index in [1.54, 1.807) is 0 Å². The summed E-state index contributed by atoms with van der Waals surface area (Å²) in [5.74, 6) is 0. The fraction of sp³-hybridized carbons (Fsp3) is 1.00. The summed E-state index contributed by atoms with van der Waals surface area (Å²) in [5, 5.41) is 0. The van der Waals surface area contributed by atoms with Crippen LogP contribution in [0, 0.1) is 0 Å². The number of rotatable bonds is 6. The van der Waals surface area contributed by atoms with E-state index < -0.39 is 22.0 Å². The Morgan fingerprint density at radius 2 is 2.22 bits per heavy atom. The van der Waals surface area contributed by atoms with Gasteiger partial charge in [-0.15, -0.1) is 0 Å². The number of hydrogen-bond donors (Lipinski definition) is 0.